The van der Waals surface area contributed by atoms with Crippen LogP contribution in [0.3, 0.4) is 0 Å². The van der Waals surface area contributed by atoms with E-state index >= 15 is 0 Å². The maximum absolute atomic E-state index is 6.86. The quantitative estimate of drug-likeness (QED) is 0.390. The van der Waals surface area contributed by atoms with E-state index in [-0.39, 0.29) is 6.10 Å². The number of aromatic nitrogens is 3. The SMILES string of the molecule is CCCC#C[Si](O[C@H](CC)c1cn(Cc2ccccc2)nn1)(C(C)C)C(C)C. The molecule has 28 heavy (non-hydrogen) atoms. The molecule has 0 unspecified atom stereocenters. The monoisotopic (exact) mass is 397 g/mol. The van der Waals surface area contributed by atoms with Gasteiger partial charge in [0.2, 0.25) is 0 Å². The lowest BCUT2D eigenvalue weighted by Gasteiger charge is -2.36. The standard InChI is InChI=1S/C23H35N3OSi/c1-7-9-13-16-28(19(3)4,20(5)6)27-23(8-2)22-18-26(25-24-22)17-21-14-11-10-12-15-21/h10-12,14-15,18-20,23H,7-9,17H2,1-6H3/t23-/m1/s1. The van der Waals surface area contributed by atoms with Gasteiger partial charge in [0, 0.05) is 6.42 Å². The molecule has 1 aromatic heterocycles. The summed E-state index contributed by atoms with van der Waals surface area (Å²) in [7, 11) is -2.26. The van der Waals surface area contributed by atoms with Crippen LogP contribution in [0.25, 0.3) is 0 Å². The first kappa shape index (κ1) is 22.4. The van der Waals surface area contributed by atoms with E-state index in [2.05, 4.69) is 75.5 Å². The maximum Gasteiger partial charge on any atom is 0.277 e. The first-order valence-electron chi connectivity index (χ1n) is 10.5. The lowest BCUT2D eigenvalue weighted by Crippen LogP contribution is -2.45. The molecule has 0 saturated carbocycles. The molecule has 0 radical (unpaired) electrons. The van der Waals surface area contributed by atoms with Gasteiger partial charge in [0.25, 0.3) is 8.32 Å². The van der Waals surface area contributed by atoms with Gasteiger partial charge in [0.15, 0.2) is 0 Å². The lowest BCUT2D eigenvalue weighted by molar-refractivity contribution is 0.179. The number of benzene rings is 1. The second-order valence-corrected chi connectivity index (χ2v) is 12.4. The van der Waals surface area contributed by atoms with Gasteiger partial charge < -0.3 is 4.43 Å². The second kappa shape index (κ2) is 10.6. The Morgan fingerprint density at radius 3 is 2.32 bits per heavy atom. The third kappa shape index (κ3) is 5.56. The van der Waals surface area contributed by atoms with Gasteiger partial charge in [-0.15, -0.1) is 11.0 Å². The Kier molecular flexibility index (Phi) is 8.47. The van der Waals surface area contributed by atoms with Crippen molar-refractivity contribution in [3.05, 3.63) is 47.8 Å². The van der Waals surface area contributed by atoms with Crippen LogP contribution in [-0.2, 0) is 11.0 Å². The van der Waals surface area contributed by atoms with Crippen LogP contribution >= 0.6 is 0 Å². The summed E-state index contributed by atoms with van der Waals surface area (Å²) in [6, 6.07) is 10.3. The van der Waals surface area contributed by atoms with Crippen LogP contribution in [0.2, 0.25) is 11.1 Å². The zero-order valence-corrected chi connectivity index (χ0v) is 19.3. The van der Waals surface area contributed by atoms with E-state index in [4.69, 9.17) is 4.43 Å². The minimum atomic E-state index is -2.26. The summed E-state index contributed by atoms with van der Waals surface area (Å²) in [5, 5.41) is 8.79. The van der Waals surface area contributed by atoms with Crippen molar-refractivity contribution >= 4 is 8.32 Å². The number of hydrogen-bond donors (Lipinski definition) is 0. The Balaban J connectivity index is 2.24. The van der Waals surface area contributed by atoms with E-state index < -0.39 is 8.32 Å². The Morgan fingerprint density at radius 2 is 1.75 bits per heavy atom. The van der Waals surface area contributed by atoms with Crippen molar-refractivity contribution in [2.24, 2.45) is 0 Å². The topological polar surface area (TPSA) is 39.9 Å². The van der Waals surface area contributed by atoms with Crippen LogP contribution in [0, 0.1) is 11.5 Å². The fourth-order valence-corrected chi connectivity index (χ4v) is 7.15. The summed E-state index contributed by atoms with van der Waals surface area (Å²) in [6.07, 6.45) is 4.85. The molecule has 5 heteroatoms. The summed E-state index contributed by atoms with van der Waals surface area (Å²) in [5.74, 6) is 3.40. The summed E-state index contributed by atoms with van der Waals surface area (Å²) in [6.45, 7) is 14.1. The highest BCUT2D eigenvalue weighted by atomic mass is 28.4. The minimum absolute atomic E-state index is 0.0584. The van der Waals surface area contributed by atoms with E-state index in [0.29, 0.717) is 11.1 Å². The van der Waals surface area contributed by atoms with Crippen molar-refractivity contribution in [1.29, 1.82) is 0 Å². The molecule has 0 spiro atoms. The molecule has 152 valence electrons. The summed E-state index contributed by atoms with van der Waals surface area (Å²) in [5.41, 5.74) is 6.59. The van der Waals surface area contributed by atoms with Crippen LogP contribution in [0.1, 0.15) is 78.2 Å². The number of hydrogen-bond acceptors (Lipinski definition) is 3. The number of nitrogens with zero attached hydrogens (tertiary/aromatic N) is 3. The largest absolute Gasteiger partial charge is 0.396 e. The van der Waals surface area contributed by atoms with Crippen LogP contribution in [-0.4, -0.2) is 23.3 Å². The minimum Gasteiger partial charge on any atom is -0.396 e. The van der Waals surface area contributed by atoms with E-state index in [1.54, 1.807) is 0 Å². The molecular formula is C23H35N3OSi. The molecule has 0 N–H and O–H groups in total. The van der Waals surface area contributed by atoms with E-state index in [1.807, 2.05) is 29.1 Å². The van der Waals surface area contributed by atoms with E-state index in [9.17, 15) is 0 Å². The molecule has 0 aliphatic rings. The van der Waals surface area contributed by atoms with E-state index in [1.165, 1.54) is 5.56 Å². The van der Waals surface area contributed by atoms with Gasteiger partial charge in [-0.1, -0.05) is 82.6 Å². The first-order chi connectivity index (χ1) is 13.4. The summed E-state index contributed by atoms with van der Waals surface area (Å²) < 4.78 is 8.75. The van der Waals surface area contributed by atoms with Crippen molar-refractivity contribution in [1.82, 2.24) is 15.0 Å². The van der Waals surface area contributed by atoms with Gasteiger partial charge >= 0.3 is 0 Å². The molecule has 0 aliphatic heterocycles. The Morgan fingerprint density at radius 1 is 1.07 bits per heavy atom. The fraction of sp³-hybridized carbons (Fsp3) is 0.565. The van der Waals surface area contributed by atoms with Crippen LogP contribution in [0.4, 0.5) is 0 Å². The second-order valence-electron chi connectivity index (χ2n) is 8.00. The van der Waals surface area contributed by atoms with Crippen molar-refractivity contribution in [2.45, 2.75) is 84.5 Å². The average Bonchev–Trinajstić information content (AvgIpc) is 3.13. The Labute approximate surface area is 171 Å². The predicted octanol–water partition coefficient (Wildman–Crippen LogP) is 5.90. The summed E-state index contributed by atoms with van der Waals surface area (Å²) in [4.78, 5) is 0. The molecule has 0 saturated heterocycles. The number of rotatable bonds is 9. The van der Waals surface area contributed by atoms with Gasteiger partial charge in [-0.3, -0.25) is 0 Å². The molecule has 0 amide bonds. The highest BCUT2D eigenvalue weighted by Crippen LogP contribution is 2.37. The average molecular weight is 398 g/mol. The molecule has 1 heterocycles. The van der Waals surface area contributed by atoms with Gasteiger partial charge in [0.05, 0.1) is 18.8 Å². The highest BCUT2D eigenvalue weighted by molar-refractivity contribution is 6.84. The van der Waals surface area contributed by atoms with Gasteiger partial charge in [-0.2, -0.15) is 0 Å². The number of unbranched alkanes of at least 4 members (excludes halogenated alkanes) is 1. The van der Waals surface area contributed by atoms with Crippen LogP contribution < -0.4 is 0 Å². The molecule has 2 rings (SSSR count). The first-order valence-corrected chi connectivity index (χ1v) is 12.6. The van der Waals surface area contributed by atoms with Crippen molar-refractivity contribution in [3.8, 4) is 11.5 Å². The normalized spacial score (nSPS) is 12.9. The molecule has 0 fully saturated rings. The van der Waals surface area contributed by atoms with Crippen molar-refractivity contribution in [3.63, 3.8) is 0 Å². The van der Waals surface area contributed by atoms with Gasteiger partial charge in [-0.25, -0.2) is 4.68 Å². The fourth-order valence-electron chi connectivity index (χ4n) is 3.48. The molecule has 1 atom stereocenters. The highest BCUT2D eigenvalue weighted by Gasteiger charge is 2.43. The summed E-state index contributed by atoms with van der Waals surface area (Å²) >= 11 is 0. The smallest absolute Gasteiger partial charge is 0.277 e. The molecule has 1 aromatic carbocycles. The molecule has 4 nitrogen and oxygen atoms in total. The van der Waals surface area contributed by atoms with Crippen LogP contribution in [0.15, 0.2) is 36.5 Å². The van der Waals surface area contributed by atoms with Gasteiger partial charge in [-0.05, 0) is 29.5 Å². The Bertz CT molecular complexity index is 766. The van der Waals surface area contributed by atoms with Gasteiger partial charge in [0.1, 0.15) is 5.69 Å². The molecule has 0 aliphatic carbocycles. The zero-order chi connectivity index (χ0) is 20.6. The van der Waals surface area contributed by atoms with E-state index in [0.717, 1.165) is 31.5 Å². The Hall–Kier alpha value is -1.90. The van der Waals surface area contributed by atoms with Crippen molar-refractivity contribution < 1.29 is 4.43 Å². The lowest BCUT2D eigenvalue weighted by atomic mass is 10.2. The van der Waals surface area contributed by atoms with Crippen LogP contribution in [0.5, 0.6) is 0 Å². The molecule has 2 aromatic rings. The third-order valence-corrected chi connectivity index (χ3v) is 9.83. The molecular weight excluding hydrogens is 362 g/mol. The van der Waals surface area contributed by atoms with Crippen molar-refractivity contribution in [2.75, 3.05) is 0 Å². The predicted molar refractivity (Wildman–Crippen MR) is 118 cm³/mol. The zero-order valence-electron chi connectivity index (χ0n) is 18.3. The maximum atomic E-state index is 6.86. The third-order valence-electron chi connectivity index (χ3n) is 5.16. The molecule has 0 bridgehead atoms.